The van der Waals surface area contributed by atoms with E-state index in [1.165, 1.54) is 0 Å². The molecule has 0 aliphatic heterocycles. The minimum atomic E-state index is -0.233. The Morgan fingerprint density at radius 3 is 2.58 bits per heavy atom. The fourth-order valence-electron chi connectivity index (χ4n) is 2.66. The molecule has 7 heteroatoms. The third-order valence-electron chi connectivity index (χ3n) is 3.82. The van der Waals surface area contributed by atoms with Gasteiger partial charge in [-0.3, -0.25) is 9.48 Å². The van der Waals surface area contributed by atoms with Crippen molar-refractivity contribution in [2.24, 2.45) is 0 Å². The van der Waals surface area contributed by atoms with E-state index in [2.05, 4.69) is 5.10 Å². The number of halogens is 2. The Morgan fingerprint density at radius 2 is 1.96 bits per heavy atom. The number of benzene rings is 1. The van der Waals surface area contributed by atoms with Crippen LogP contribution in [-0.4, -0.2) is 28.5 Å². The van der Waals surface area contributed by atoms with Crippen molar-refractivity contribution < 1.29 is 14.3 Å². The summed E-state index contributed by atoms with van der Waals surface area (Å²) >= 11 is 12.4. The van der Waals surface area contributed by atoms with Gasteiger partial charge in [0.05, 0.1) is 25.2 Å². The van der Waals surface area contributed by atoms with Gasteiger partial charge in [0.25, 0.3) is 0 Å². The molecule has 142 valence electrons. The lowest BCUT2D eigenvalue weighted by Gasteiger charge is -2.17. The van der Waals surface area contributed by atoms with E-state index >= 15 is 0 Å². The Labute approximate surface area is 164 Å². The second-order valence-corrected chi connectivity index (χ2v) is 7.08. The van der Waals surface area contributed by atoms with Gasteiger partial charge in [0, 0.05) is 21.8 Å². The smallest absolute Gasteiger partial charge is 0.306 e. The minimum Gasteiger partial charge on any atom is -0.474 e. The Hall–Kier alpha value is -1.72. The first kappa shape index (κ1) is 20.6. The van der Waals surface area contributed by atoms with Crippen molar-refractivity contribution >= 4 is 29.2 Å². The molecule has 2 rings (SSSR count). The van der Waals surface area contributed by atoms with E-state index in [4.69, 9.17) is 32.7 Å². The summed E-state index contributed by atoms with van der Waals surface area (Å²) in [5, 5.41) is 5.72. The van der Waals surface area contributed by atoms with E-state index in [9.17, 15) is 4.79 Å². The quantitative estimate of drug-likeness (QED) is 0.581. The van der Waals surface area contributed by atoms with E-state index in [0.29, 0.717) is 29.0 Å². The predicted molar refractivity (Wildman–Crippen MR) is 103 cm³/mol. The van der Waals surface area contributed by atoms with Gasteiger partial charge < -0.3 is 9.47 Å². The SMILES string of the molecule is CCOC(=O)CCc1cc(OC(C)C)nn1C(C)c1ccc(Cl)cc1Cl. The first-order valence-electron chi connectivity index (χ1n) is 8.67. The zero-order valence-corrected chi connectivity index (χ0v) is 17.0. The van der Waals surface area contributed by atoms with Crippen LogP contribution in [0.25, 0.3) is 0 Å². The zero-order chi connectivity index (χ0) is 19.3. The molecule has 1 heterocycles. The van der Waals surface area contributed by atoms with Gasteiger partial charge in [-0.1, -0.05) is 29.3 Å². The molecule has 0 saturated heterocycles. The number of ether oxygens (including phenoxy) is 2. The zero-order valence-electron chi connectivity index (χ0n) is 15.5. The van der Waals surface area contributed by atoms with Crippen LogP contribution in [0.3, 0.4) is 0 Å². The van der Waals surface area contributed by atoms with Crippen molar-refractivity contribution in [3.63, 3.8) is 0 Å². The summed E-state index contributed by atoms with van der Waals surface area (Å²) in [5.74, 6) is 0.291. The molecule has 26 heavy (non-hydrogen) atoms. The normalized spacial score (nSPS) is 12.3. The molecule has 1 atom stereocenters. The van der Waals surface area contributed by atoms with Crippen molar-refractivity contribution in [3.05, 3.63) is 45.6 Å². The Balaban J connectivity index is 2.31. The Bertz CT molecular complexity index is 759. The number of nitrogens with zero attached hydrogens (tertiary/aromatic N) is 2. The molecule has 0 saturated carbocycles. The molecule has 0 aliphatic rings. The predicted octanol–water partition coefficient (Wildman–Crippen LogP) is 5.08. The minimum absolute atomic E-state index is 0.00526. The maximum absolute atomic E-state index is 11.7. The van der Waals surface area contributed by atoms with Gasteiger partial charge in [-0.15, -0.1) is 5.10 Å². The lowest BCUT2D eigenvalue weighted by molar-refractivity contribution is -0.143. The molecule has 0 N–H and O–H groups in total. The highest BCUT2D eigenvalue weighted by Crippen LogP contribution is 2.30. The number of esters is 1. The summed E-state index contributed by atoms with van der Waals surface area (Å²) in [6, 6.07) is 7.12. The summed E-state index contributed by atoms with van der Waals surface area (Å²) < 4.78 is 12.6. The van der Waals surface area contributed by atoms with Crippen molar-refractivity contribution in [1.82, 2.24) is 9.78 Å². The monoisotopic (exact) mass is 398 g/mol. The summed E-state index contributed by atoms with van der Waals surface area (Å²) in [5.41, 5.74) is 1.78. The van der Waals surface area contributed by atoms with Crippen LogP contribution in [0.2, 0.25) is 10.0 Å². The van der Waals surface area contributed by atoms with E-state index < -0.39 is 0 Å². The second-order valence-electron chi connectivity index (χ2n) is 6.23. The van der Waals surface area contributed by atoms with Gasteiger partial charge in [0.15, 0.2) is 0 Å². The lowest BCUT2D eigenvalue weighted by Crippen LogP contribution is -2.14. The van der Waals surface area contributed by atoms with Crippen LogP contribution in [0, 0.1) is 0 Å². The van der Waals surface area contributed by atoms with Crippen LogP contribution in [0.1, 0.15) is 51.4 Å². The standard InChI is InChI=1S/C19H24Cl2N2O3/c1-5-25-19(24)9-7-15-11-18(26-12(2)3)22-23(15)13(4)16-8-6-14(20)10-17(16)21/h6,8,10-13H,5,7,9H2,1-4H3. The van der Waals surface area contributed by atoms with E-state index in [0.717, 1.165) is 11.3 Å². The van der Waals surface area contributed by atoms with Crippen LogP contribution in [0.5, 0.6) is 5.88 Å². The van der Waals surface area contributed by atoms with Crippen LogP contribution < -0.4 is 4.74 Å². The number of aromatic nitrogens is 2. The summed E-state index contributed by atoms with van der Waals surface area (Å²) in [6.45, 7) is 8.04. The van der Waals surface area contributed by atoms with Crippen molar-refractivity contribution in [1.29, 1.82) is 0 Å². The van der Waals surface area contributed by atoms with Crippen LogP contribution in [-0.2, 0) is 16.0 Å². The number of aryl methyl sites for hydroxylation is 1. The van der Waals surface area contributed by atoms with Crippen molar-refractivity contribution in [3.8, 4) is 5.88 Å². The molecule has 0 aliphatic carbocycles. The molecule has 0 fully saturated rings. The fraction of sp³-hybridized carbons (Fsp3) is 0.474. The maximum Gasteiger partial charge on any atom is 0.306 e. The molecular weight excluding hydrogens is 375 g/mol. The molecule has 1 unspecified atom stereocenters. The van der Waals surface area contributed by atoms with E-state index in [1.54, 1.807) is 19.1 Å². The second kappa shape index (κ2) is 9.28. The van der Waals surface area contributed by atoms with Gasteiger partial charge in [-0.05, 0) is 51.8 Å². The number of carbonyl (C=O) groups is 1. The number of rotatable bonds is 8. The van der Waals surface area contributed by atoms with Gasteiger partial charge in [0.2, 0.25) is 5.88 Å². The fourth-order valence-corrected chi connectivity index (χ4v) is 3.23. The summed E-state index contributed by atoms with van der Waals surface area (Å²) in [4.78, 5) is 11.7. The van der Waals surface area contributed by atoms with Gasteiger partial charge in [-0.25, -0.2) is 0 Å². The third kappa shape index (κ3) is 5.39. The highest BCUT2D eigenvalue weighted by Gasteiger charge is 2.19. The largest absolute Gasteiger partial charge is 0.474 e. The number of carbonyl (C=O) groups excluding carboxylic acids is 1. The molecule has 1 aromatic heterocycles. The first-order valence-corrected chi connectivity index (χ1v) is 9.43. The molecule has 0 radical (unpaired) electrons. The Kier molecular flexibility index (Phi) is 7.35. The highest BCUT2D eigenvalue weighted by atomic mass is 35.5. The summed E-state index contributed by atoms with van der Waals surface area (Å²) in [6.07, 6.45) is 0.788. The molecule has 0 amide bonds. The van der Waals surface area contributed by atoms with Crippen molar-refractivity contribution in [2.75, 3.05) is 6.61 Å². The summed E-state index contributed by atoms with van der Waals surface area (Å²) in [7, 11) is 0. The van der Waals surface area contributed by atoms with Crippen LogP contribution >= 0.6 is 23.2 Å². The average molecular weight is 399 g/mol. The third-order valence-corrected chi connectivity index (χ3v) is 4.38. The highest BCUT2D eigenvalue weighted by molar-refractivity contribution is 6.35. The lowest BCUT2D eigenvalue weighted by atomic mass is 10.1. The molecule has 1 aromatic carbocycles. The van der Waals surface area contributed by atoms with Gasteiger partial charge >= 0.3 is 5.97 Å². The molecule has 2 aromatic rings. The molecule has 0 bridgehead atoms. The van der Waals surface area contributed by atoms with E-state index in [-0.39, 0.29) is 24.5 Å². The van der Waals surface area contributed by atoms with Gasteiger partial charge in [-0.2, -0.15) is 0 Å². The Morgan fingerprint density at radius 1 is 1.23 bits per heavy atom. The number of hydrogen-bond acceptors (Lipinski definition) is 4. The van der Waals surface area contributed by atoms with Crippen LogP contribution in [0.15, 0.2) is 24.3 Å². The molecular formula is C19H24Cl2N2O3. The van der Waals surface area contributed by atoms with Crippen molar-refractivity contribution in [2.45, 2.75) is 52.7 Å². The maximum atomic E-state index is 11.7. The molecule has 5 nitrogen and oxygen atoms in total. The van der Waals surface area contributed by atoms with E-state index in [1.807, 2.05) is 37.6 Å². The van der Waals surface area contributed by atoms with Crippen LogP contribution in [0.4, 0.5) is 0 Å². The average Bonchev–Trinajstić information content (AvgIpc) is 2.94. The van der Waals surface area contributed by atoms with Gasteiger partial charge in [0.1, 0.15) is 0 Å². The topological polar surface area (TPSA) is 53.4 Å². The number of hydrogen-bond donors (Lipinski definition) is 0. The molecule has 0 spiro atoms. The first-order chi connectivity index (χ1) is 12.3.